The summed E-state index contributed by atoms with van der Waals surface area (Å²) < 4.78 is 27.0. The van der Waals surface area contributed by atoms with Crippen molar-refractivity contribution in [1.29, 1.82) is 0 Å². The molecule has 3 rings (SSSR count). The maximum atomic E-state index is 12.8. The number of piperidine rings is 1. The van der Waals surface area contributed by atoms with Crippen LogP contribution in [-0.2, 0) is 19.6 Å². The first-order valence-electron chi connectivity index (χ1n) is 10.0. The van der Waals surface area contributed by atoms with E-state index in [2.05, 4.69) is 10.6 Å². The lowest BCUT2D eigenvalue weighted by Crippen LogP contribution is -2.47. The predicted molar refractivity (Wildman–Crippen MR) is 114 cm³/mol. The standard InChI is InChI=1S/C22H27N3O4S/c1-17(18-9-4-2-5-10-18)24-21(26)15-23-22(27)19-11-8-14-25(16-19)30(28,29)20-12-6-3-7-13-20/h2-7,9-10,12-13,17,19H,8,11,14-16H2,1H3,(H,23,27)(H,24,26)/t17-,19+/m1/s1. The van der Waals surface area contributed by atoms with E-state index in [0.29, 0.717) is 19.4 Å². The first-order valence-corrected chi connectivity index (χ1v) is 11.5. The van der Waals surface area contributed by atoms with Crippen LogP contribution in [0.5, 0.6) is 0 Å². The van der Waals surface area contributed by atoms with Gasteiger partial charge in [0, 0.05) is 13.1 Å². The Morgan fingerprint density at radius 1 is 1.07 bits per heavy atom. The molecule has 0 spiro atoms. The molecule has 0 aliphatic carbocycles. The van der Waals surface area contributed by atoms with Gasteiger partial charge in [-0.1, -0.05) is 48.5 Å². The Morgan fingerprint density at radius 3 is 2.37 bits per heavy atom. The van der Waals surface area contributed by atoms with Gasteiger partial charge in [0.1, 0.15) is 0 Å². The Hall–Kier alpha value is -2.71. The minimum atomic E-state index is -3.63. The molecule has 0 aromatic heterocycles. The lowest BCUT2D eigenvalue weighted by atomic mass is 9.99. The zero-order valence-electron chi connectivity index (χ0n) is 17.0. The molecule has 0 bridgehead atoms. The predicted octanol–water partition coefficient (Wildman–Crippen LogP) is 2.08. The summed E-state index contributed by atoms with van der Waals surface area (Å²) in [5.41, 5.74) is 0.978. The molecular formula is C22H27N3O4S. The third kappa shape index (κ3) is 5.46. The molecule has 1 saturated heterocycles. The van der Waals surface area contributed by atoms with Gasteiger partial charge in [-0.15, -0.1) is 0 Å². The molecule has 2 N–H and O–H groups in total. The summed E-state index contributed by atoms with van der Waals surface area (Å²) in [5.74, 6) is -1.06. The fraction of sp³-hybridized carbons (Fsp3) is 0.364. The van der Waals surface area contributed by atoms with E-state index in [1.54, 1.807) is 30.3 Å². The lowest BCUT2D eigenvalue weighted by molar-refractivity contribution is -0.129. The lowest BCUT2D eigenvalue weighted by Gasteiger charge is -2.31. The molecule has 0 unspecified atom stereocenters. The molecule has 1 heterocycles. The molecule has 0 saturated carbocycles. The number of amides is 2. The van der Waals surface area contributed by atoms with Crippen LogP contribution in [0.25, 0.3) is 0 Å². The molecule has 7 nitrogen and oxygen atoms in total. The smallest absolute Gasteiger partial charge is 0.243 e. The van der Waals surface area contributed by atoms with Crippen LogP contribution >= 0.6 is 0 Å². The van der Waals surface area contributed by atoms with Gasteiger partial charge in [0.25, 0.3) is 0 Å². The summed E-state index contributed by atoms with van der Waals surface area (Å²) in [6.45, 7) is 2.24. The van der Waals surface area contributed by atoms with Crippen molar-refractivity contribution in [3.63, 3.8) is 0 Å². The van der Waals surface area contributed by atoms with Crippen LogP contribution in [0.15, 0.2) is 65.6 Å². The minimum absolute atomic E-state index is 0.116. The van der Waals surface area contributed by atoms with E-state index in [0.717, 1.165) is 5.56 Å². The van der Waals surface area contributed by atoms with Gasteiger partial charge in [0.05, 0.1) is 23.4 Å². The second-order valence-corrected chi connectivity index (χ2v) is 9.37. The zero-order valence-corrected chi connectivity index (χ0v) is 17.8. The van der Waals surface area contributed by atoms with Gasteiger partial charge in [-0.05, 0) is 37.5 Å². The fourth-order valence-electron chi connectivity index (χ4n) is 3.55. The quantitative estimate of drug-likeness (QED) is 0.704. The Kier molecular flexibility index (Phi) is 7.23. The largest absolute Gasteiger partial charge is 0.348 e. The summed E-state index contributed by atoms with van der Waals surface area (Å²) in [4.78, 5) is 25.0. The summed E-state index contributed by atoms with van der Waals surface area (Å²) in [6, 6.07) is 17.6. The van der Waals surface area contributed by atoms with Crippen molar-refractivity contribution in [3.05, 3.63) is 66.2 Å². The first-order chi connectivity index (χ1) is 14.4. The molecule has 1 aliphatic rings. The number of nitrogens with zero attached hydrogens (tertiary/aromatic N) is 1. The molecular weight excluding hydrogens is 402 g/mol. The van der Waals surface area contributed by atoms with E-state index in [-0.39, 0.29) is 35.8 Å². The van der Waals surface area contributed by atoms with Crippen LogP contribution in [0.3, 0.4) is 0 Å². The Bertz CT molecular complexity index is 964. The van der Waals surface area contributed by atoms with Crippen molar-refractivity contribution < 1.29 is 18.0 Å². The number of benzene rings is 2. The van der Waals surface area contributed by atoms with Crippen LogP contribution in [0, 0.1) is 5.92 Å². The van der Waals surface area contributed by atoms with Gasteiger partial charge in [0.15, 0.2) is 0 Å². The van der Waals surface area contributed by atoms with Crippen LogP contribution < -0.4 is 10.6 Å². The molecule has 2 atom stereocenters. The first kappa shape index (κ1) is 22.0. The maximum Gasteiger partial charge on any atom is 0.243 e. The maximum absolute atomic E-state index is 12.8. The summed E-state index contributed by atoms with van der Waals surface area (Å²) in [5, 5.41) is 5.50. The van der Waals surface area contributed by atoms with Crippen LogP contribution in [0.1, 0.15) is 31.4 Å². The van der Waals surface area contributed by atoms with Crippen molar-refractivity contribution in [1.82, 2.24) is 14.9 Å². The van der Waals surface area contributed by atoms with Crippen molar-refractivity contribution in [2.45, 2.75) is 30.7 Å². The third-order valence-electron chi connectivity index (χ3n) is 5.24. The molecule has 30 heavy (non-hydrogen) atoms. The number of carbonyl (C=O) groups is 2. The molecule has 2 aromatic carbocycles. The highest BCUT2D eigenvalue weighted by Crippen LogP contribution is 2.23. The monoisotopic (exact) mass is 429 g/mol. The number of nitrogens with one attached hydrogen (secondary N) is 2. The molecule has 1 aliphatic heterocycles. The van der Waals surface area contributed by atoms with Crippen molar-refractivity contribution in [3.8, 4) is 0 Å². The summed E-state index contributed by atoms with van der Waals surface area (Å²) in [6.07, 6.45) is 1.19. The summed E-state index contributed by atoms with van der Waals surface area (Å²) in [7, 11) is -3.63. The topological polar surface area (TPSA) is 95.6 Å². The van der Waals surface area contributed by atoms with Gasteiger partial charge >= 0.3 is 0 Å². The van der Waals surface area contributed by atoms with Gasteiger partial charge in [-0.2, -0.15) is 4.31 Å². The number of hydrogen-bond acceptors (Lipinski definition) is 4. The number of sulfonamides is 1. The molecule has 1 fully saturated rings. The minimum Gasteiger partial charge on any atom is -0.348 e. The fourth-order valence-corrected chi connectivity index (χ4v) is 5.09. The molecule has 8 heteroatoms. The van der Waals surface area contributed by atoms with Crippen molar-refractivity contribution in [2.75, 3.05) is 19.6 Å². The molecule has 160 valence electrons. The average Bonchev–Trinajstić information content (AvgIpc) is 2.78. The SMILES string of the molecule is C[C@@H](NC(=O)CNC(=O)[C@H]1CCCN(S(=O)(=O)c2ccccc2)C1)c1ccccc1. The van der Waals surface area contributed by atoms with Gasteiger partial charge in [-0.25, -0.2) is 8.42 Å². The van der Waals surface area contributed by atoms with Crippen molar-refractivity contribution in [2.24, 2.45) is 5.92 Å². The van der Waals surface area contributed by atoms with E-state index in [1.165, 1.54) is 4.31 Å². The van der Waals surface area contributed by atoms with Gasteiger partial charge in [-0.3, -0.25) is 9.59 Å². The second-order valence-electron chi connectivity index (χ2n) is 7.43. The van der Waals surface area contributed by atoms with Crippen LogP contribution in [-0.4, -0.2) is 44.2 Å². The highest BCUT2D eigenvalue weighted by molar-refractivity contribution is 7.89. The van der Waals surface area contributed by atoms with Crippen molar-refractivity contribution >= 4 is 21.8 Å². The van der Waals surface area contributed by atoms with E-state index in [1.807, 2.05) is 37.3 Å². The summed E-state index contributed by atoms with van der Waals surface area (Å²) >= 11 is 0. The molecule has 0 radical (unpaired) electrons. The Labute approximate surface area is 177 Å². The van der Waals surface area contributed by atoms with Gasteiger partial charge < -0.3 is 10.6 Å². The van der Waals surface area contributed by atoms with Gasteiger partial charge in [0.2, 0.25) is 21.8 Å². The Morgan fingerprint density at radius 2 is 1.70 bits per heavy atom. The zero-order chi connectivity index (χ0) is 21.6. The van der Waals surface area contributed by atoms with Crippen LogP contribution in [0.4, 0.5) is 0 Å². The number of carbonyl (C=O) groups excluding carboxylic acids is 2. The highest BCUT2D eigenvalue weighted by atomic mass is 32.2. The Balaban J connectivity index is 1.52. The second kappa shape index (κ2) is 9.86. The van der Waals surface area contributed by atoms with E-state index >= 15 is 0 Å². The van der Waals surface area contributed by atoms with Crippen LogP contribution in [0.2, 0.25) is 0 Å². The molecule has 2 amide bonds. The normalized spacial score (nSPS) is 18.4. The number of hydrogen-bond donors (Lipinski definition) is 2. The molecule has 2 aromatic rings. The number of rotatable bonds is 7. The third-order valence-corrected chi connectivity index (χ3v) is 7.12. The highest BCUT2D eigenvalue weighted by Gasteiger charge is 2.33. The van der Waals surface area contributed by atoms with E-state index < -0.39 is 15.9 Å². The van der Waals surface area contributed by atoms with E-state index in [4.69, 9.17) is 0 Å². The average molecular weight is 430 g/mol. The van der Waals surface area contributed by atoms with E-state index in [9.17, 15) is 18.0 Å².